The first kappa shape index (κ1) is 26.2. The van der Waals surface area contributed by atoms with Gasteiger partial charge >= 0.3 is 0 Å². The summed E-state index contributed by atoms with van der Waals surface area (Å²) in [6.45, 7) is 8.96. The van der Waals surface area contributed by atoms with Crippen LogP contribution in [0.3, 0.4) is 0 Å². The van der Waals surface area contributed by atoms with Crippen molar-refractivity contribution in [1.29, 1.82) is 0 Å². The molecule has 0 spiro atoms. The molecule has 8 nitrogen and oxygen atoms in total. The summed E-state index contributed by atoms with van der Waals surface area (Å²) in [5.41, 5.74) is 2.14. The van der Waals surface area contributed by atoms with Crippen LogP contribution in [0.15, 0.2) is 55.0 Å². The Morgan fingerprint density at radius 3 is 2.43 bits per heavy atom. The Labute approximate surface area is 216 Å². The van der Waals surface area contributed by atoms with Crippen LogP contribution in [0.25, 0.3) is 0 Å². The van der Waals surface area contributed by atoms with E-state index in [1.807, 2.05) is 38.8 Å². The molecule has 0 unspecified atom stereocenters. The van der Waals surface area contributed by atoms with Crippen LogP contribution in [-0.2, 0) is 12.0 Å². The zero-order valence-corrected chi connectivity index (χ0v) is 21.6. The van der Waals surface area contributed by atoms with E-state index < -0.39 is 5.82 Å². The normalized spacial score (nSPS) is 14.4. The summed E-state index contributed by atoms with van der Waals surface area (Å²) in [6, 6.07) is 9.59. The second kappa shape index (κ2) is 11.0. The van der Waals surface area contributed by atoms with Gasteiger partial charge in [0, 0.05) is 61.0 Å². The number of anilines is 1. The van der Waals surface area contributed by atoms with Crippen molar-refractivity contribution < 1.29 is 18.7 Å². The number of carbonyl (C=O) groups excluding carboxylic acids is 2. The summed E-state index contributed by atoms with van der Waals surface area (Å²) in [5, 5.41) is 2.83. The molecule has 1 N–H and O–H groups in total. The minimum absolute atomic E-state index is 0.0720. The van der Waals surface area contributed by atoms with Crippen LogP contribution in [0.5, 0.6) is 5.88 Å². The topological polar surface area (TPSA) is 87.7 Å². The lowest BCUT2D eigenvalue weighted by molar-refractivity contribution is 0.0664. The number of aromatic nitrogens is 2. The summed E-state index contributed by atoms with van der Waals surface area (Å²) >= 11 is 0. The molecule has 37 heavy (non-hydrogen) atoms. The van der Waals surface area contributed by atoms with Gasteiger partial charge in [-0.15, -0.1) is 0 Å². The molecule has 194 valence electrons. The van der Waals surface area contributed by atoms with Gasteiger partial charge < -0.3 is 19.9 Å². The van der Waals surface area contributed by atoms with Gasteiger partial charge in [0.1, 0.15) is 12.4 Å². The van der Waals surface area contributed by atoms with E-state index in [4.69, 9.17) is 4.74 Å². The molecular formula is C28H32FN5O3. The molecule has 2 aromatic carbocycles. The van der Waals surface area contributed by atoms with Crippen LogP contribution in [-0.4, -0.2) is 64.8 Å². The first-order chi connectivity index (χ1) is 17.6. The van der Waals surface area contributed by atoms with Crippen molar-refractivity contribution in [2.24, 2.45) is 0 Å². The SMILES string of the molecule is CN1CCN(C(=O)c2cc(C(=O)Nc3ccc(F)c(COc4cnccn4)c3)cc(C(C)(C)C)c2)CC1. The lowest BCUT2D eigenvalue weighted by Gasteiger charge is -2.32. The average Bonchev–Trinajstić information content (AvgIpc) is 2.89. The highest BCUT2D eigenvalue weighted by atomic mass is 19.1. The number of piperazine rings is 1. The maximum Gasteiger partial charge on any atom is 0.255 e. The quantitative estimate of drug-likeness (QED) is 0.542. The Bertz CT molecular complexity index is 1270. The Kier molecular flexibility index (Phi) is 7.83. The number of carbonyl (C=O) groups is 2. The lowest BCUT2D eigenvalue weighted by Crippen LogP contribution is -2.47. The van der Waals surface area contributed by atoms with E-state index in [1.165, 1.54) is 36.8 Å². The summed E-state index contributed by atoms with van der Waals surface area (Å²) in [5.74, 6) is -0.658. The molecule has 9 heteroatoms. The Morgan fingerprint density at radius 1 is 1.03 bits per heavy atom. The van der Waals surface area contributed by atoms with Gasteiger partial charge in [-0.3, -0.25) is 14.6 Å². The molecule has 1 aliphatic rings. The second-order valence-electron chi connectivity index (χ2n) is 10.2. The second-order valence-corrected chi connectivity index (χ2v) is 10.2. The van der Waals surface area contributed by atoms with Gasteiger partial charge in [-0.2, -0.15) is 0 Å². The highest BCUT2D eigenvalue weighted by Gasteiger charge is 2.24. The number of nitrogens with zero attached hydrogens (tertiary/aromatic N) is 4. The summed E-state index contributed by atoms with van der Waals surface area (Å²) < 4.78 is 19.9. The molecule has 1 aliphatic heterocycles. The first-order valence-corrected chi connectivity index (χ1v) is 12.2. The third-order valence-corrected chi connectivity index (χ3v) is 6.32. The van der Waals surface area contributed by atoms with Gasteiger partial charge in [-0.05, 0) is 54.4 Å². The fraction of sp³-hybridized carbons (Fsp3) is 0.357. The molecular weight excluding hydrogens is 473 g/mol. The number of rotatable bonds is 6. The zero-order chi connectivity index (χ0) is 26.6. The lowest BCUT2D eigenvalue weighted by atomic mass is 9.84. The summed E-state index contributed by atoms with van der Waals surface area (Å²) in [7, 11) is 2.03. The molecule has 1 aromatic heterocycles. The number of hydrogen-bond donors (Lipinski definition) is 1. The fourth-order valence-electron chi connectivity index (χ4n) is 3.99. The van der Waals surface area contributed by atoms with Crippen LogP contribution in [0, 0.1) is 5.82 Å². The van der Waals surface area contributed by atoms with E-state index in [9.17, 15) is 14.0 Å². The monoisotopic (exact) mass is 505 g/mol. The van der Waals surface area contributed by atoms with Crippen LogP contribution >= 0.6 is 0 Å². The Morgan fingerprint density at radius 2 is 1.76 bits per heavy atom. The Hall–Kier alpha value is -3.85. The molecule has 0 atom stereocenters. The number of nitrogens with one attached hydrogen (secondary N) is 1. The molecule has 3 aromatic rings. The van der Waals surface area contributed by atoms with E-state index in [0.29, 0.717) is 29.9 Å². The minimum Gasteiger partial charge on any atom is -0.472 e. The van der Waals surface area contributed by atoms with Gasteiger partial charge in [-0.25, -0.2) is 9.37 Å². The maximum absolute atomic E-state index is 14.4. The summed E-state index contributed by atoms with van der Waals surface area (Å²) in [6.07, 6.45) is 4.44. The molecule has 0 radical (unpaired) electrons. The number of hydrogen-bond acceptors (Lipinski definition) is 6. The van der Waals surface area contributed by atoms with Gasteiger partial charge in [0.15, 0.2) is 0 Å². The largest absolute Gasteiger partial charge is 0.472 e. The molecule has 1 fully saturated rings. The number of likely N-dealkylation sites (N-methyl/N-ethyl adjacent to an activating group) is 1. The highest BCUT2D eigenvalue weighted by Crippen LogP contribution is 2.26. The number of benzene rings is 2. The predicted molar refractivity (Wildman–Crippen MR) is 139 cm³/mol. The van der Waals surface area contributed by atoms with Crippen molar-refractivity contribution in [2.75, 3.05) is 38.5 Å². The standard InChI is InChI=1S/C28H32FN5O3/c1-28(2,3)22-14-19(13-20(15-22)27(36)34-11-9-33(4)10-12-34)26(35)32-23-5-6-24(29)21(16-23)18-37-25-17-30-7-8-31-25/h5-8,13-17H,9-12,18H2,1-4H3,(H,32,35). The van der Waals surface area contributed by atoms with Crippen LogP contribution < -0.4 is 10.1 Å². The molecule has 0 aliphatic carbocycles. The number of halogens is 1. The summed E-state index contributed by atoms with van der Waals surface area (Å²) in [4.78, 5) is 38.5. The van der Waals surface area contributed by atoms with Crippen molar-refractivity contribution in [1.82, 2.24) is 19.8 Å². The Balaban J connectivity index is 1.55. The third kappa shape index (κ3) is 6.68. The van der Waals surface area contributed by atoms with Gasteiger partial charge in [0.2, 0.25) is 5.88 Å². The average molecular weight is 506 g/mol. The molecule has 0 saturated carbocycles. The number of ether oxygens (including phenoxy) is 1. The molecule has 2 heterocycles. The zero-order valence-electron chi connectivity index (χ0n) is 21.6. The first-order valence-electron chi connectivity index (χ1n) is 12.2. The maximum atomic E-state index is 14.4. The van der Waals surface area contributed by atoms with Crippen LogP contribution in [0.4, 0.5) is 10.1 Å². The highest BCUT2D eigenvalue weighted by molar-refractivity contribution is 6.06. The minimum atomic E-state index is -0.461. The van der Waals surface area contributed by atoms with Crippen molar-refractivity contribution in [2.45, 2.75) is 32.8 Å². The molecule has 0 bridgehead atoms. The third-order valence-electron chi connectivity index (χ3n) is 6.32. The van der Waals surface area contributed by atoms with E-state index in [2.05, 4.69) is 20.2 Å². The van der Waals surface area contributed by atoms with Gasteiger partial charge in [0.05, 0.1) is 6.20 Å². The van der Waals surface area contributed by atoms with Crippen LogP contribution in [0.2, 0.25) is 0 Å². The fourth-order valence-corrected chi connectivity index (χ4v) is 3.99. The van der Waals surface area contributed by atoms with Gasteiger partial charge in [-0.1, -0.05) is 20.8 Å². The van der Waals surface area contributed by atoms with Crippen molar-refractivity contribution >= 4 is 17.5 Å². The van der Waals surface area contributed by atoms with Crippen LogP contribution in [0.1, 0.15) is 52.6 Å². The van der Waals surface area contributed by atoms with E-state index in [1.54, 1.807) is 12.1 Å². The molecule has 1 saturated heterocycles. The van der Waals surface area contributed by atoms with Crippen molar-refractivity contribution in [3.8, 4) is 5.88 Å². The smallest absolute Gasteiger partial charge is 0.255 e. The van der Waals surface area contributed by atoms with E-state index in [0.717, 1.165) is 18.7 Å². The van der Waals surface area contributed by atoms with Gasteiger partial charge in [0.25, 0.3) is 11.8 Å². The molecule has 4 rings (SSSR count). The number of amides is 2. The van der Waals surface area contributed by atoms with E-state index >= 15 is 0 Å². The van der Waals surface area contributed by atoms with E-state index in [-0.39, 0.29) is 35.3 Å². The van der Waals surface area contributed by atoms with Crippen molar-refractivity contribution in [3.05, 3.63) is 83.1 Å². The predicted octanol–water partition coefficient (Wildman–Crippen LogP) is 4.13. The molecule has 2 amide bonds. The van der Waals surface area contributed by atoms with Crippen molar-refractivity contribution in [3.63, 3.8) is 0 Å².